The number of ether oxygens (including phenoxy) is 1. The van der Waals surface area contributed by atoms with E-state index >= 15 is 0 Å². The Labute approximate surface area is 166 Å². The van der Waals surface area contributed by atoms with Crippen LogP contribution in [-0.2, 0) is 0 Å². The van der Waals surface area contributed by atoms with Crippen LogP contribution < -0.4 is 15.0 Å². The van der Waals surface area contributed by atoms with Gasteiger partial charge in [-0.2, -0.15) is 5.10 Å². The van der Waals surface area contributed by atoms with Crippen molar-refractivity contribution in [3.63, 3.8) is 0 Å². The Balaban J connectivity index is 1.79. The van der Waals surface area contributed by atoms with Crippen LogP contribution in [0.5, 0.6) is 5.75 Å². The number of fused-ring (bicyclic) bond motifs is 1. The highest BCUT2D eigenvalue weighted by Crippen LogP contribution is 2.32. The van der Waals surface area contributed by atoms with E-state index in [-0.39, 0.29) is 11.8 Å². The molecular weight excluding hydrogens is 377 g/mol. The molecule has 152 valence electrons. The maximum Gasteiger partial charge on any atom is 0.404 e. The zero-order chi connectivity index (χ0) is 20.7. The Morgan fingerprint density at radius 3 is 2.83 bits per heavy atom. The molecule has 1 aliphatic rings. The number of hydrogen-bond acceptors (Lipinski definition) is 5. The van der Waals surface area contributed by atoms with Gasteiger partial charge in [0.05, 0.1) is 35.9 Å². The summed E-state index contributed by atoms with van der Waals surface area (Å²) in [6.07, 6.45) is -0.302. The minimum atomic E-state index is -1.02. The maximum atomic E-state index is 14.3. The van der Waals surface area contributed by atoms with Crippen LogP contribution in [0.3, 0.4) is 0 Å². The summed E-state index contributed by atoms with van der Waals surface area (Å²) in [4.78, 5) is 17.8. The van der Waals surface area contributed by atoms with E-state index in [2.05, 4.69) is 15.3 Å². The van der Waals surface area contributed by atoms with E-state index in [4.69, 9.17) is 14.8 Å². The monoisotopic (exact) mass is 399 g/mol. The molecule has 2 N–H and O–H groups in total. The number of carbonyl (C=O) groups is 1. The van der Waals surface area contributed by atoms with Crippen LogP contribution in [0.2, 0.25) is 0 Å². The molecule has 8 nitrogen and oxygen atoms in total. The molecule has 4 rings (SSSR count). The van der Waals surface area contributed by atoms with Gasteiger partial charge >= 0.3 is 6.09 Å². The first kappa shape index (κ1) is 19.0. The Hall–Kier alpha value is -3.36. The molecule has 0 saturated carbocycles. The highest BCUT2D eigenvalue weighted by Gasteiger charge is 2.27. The van der Waals surface area contributed by atoms with E-state index in [1.165, 1.54) is 13.2 Å². The highest BCUT2D eigenvalue weighted by molar-refractivity contribution is 5.76. The number of amides is 1. The molecule has 29 heavy (non-hydrogen) atoms. The third-order valence-electron chi connectivity index (χ3n) is 5.14. The largest absolute Gasteiger partial charge is 0.494 e. The van der Waals surface area contributed by atoms with Gasteiger partial charge in [-0.3, -0.25) is 0 Å². The molecule has 1 saturated heterocycles. The van der Waals surface area contributed by atoms with Crippen molar-refractivity contribution >= 4 is 17.4 Å². The van der Waals surface area contributed by atoms with Crippen LogP contribution in [0.15, 0.2) is 24.3 Å². The number of nitrogens with zero attached hydrogens (tertiary/aromatic N) is 4. The lowest BCUT2D eigenvalue weighted by Crippen LogP contribution is -2.36. The van der Waals surface area contributed by atoms with E-state index in [0.717, 1.165) is 23.5 Å². The van der Waals surface area contributed by atoms with Crippen LogP contribution in [0.25, 0.3) is 16.9 Å². The molecule has 9 heteroatoms. The van der Waals surface area contributed by atoms with Gasteiger partial charge in [0.1, 0.15) is 0 Å². The third-order valence-corrected chi connectivity index (χ3v) is 5.14. The van der Waals surface area contributed by atoms with Gasteiger partial charge < -0.3 is 20.1 Å². The number of aromatic nitrogens is 3. The van der Waals surface area contributed by atoms with Crippen molar-refractivity contribution in [3.05, 3.63) is 41.5 Å². The van der Waals surface area contributed by atoms with Crippen LogP contribution in [0.1, 0.15) is 17.8 Å². The quantitative estimate of drug-likeness (QED) is 0.701. The van der Waals surface area contributed by atoms with Gasteiger partial charge in [0, 0.05) is 18.7 Å². The molecule has 0 radical (unpaired) electrons. The second kappa shape index (κ2) is 7.23. The zero-order valence-corrected chi connectivity index (χ0v) is 16.4. The van der Waals surface area contributed by atoms with Gasteiger partial charge in [-0.1, -0.05) is 0 Å². The van der Waals surface area contributed by atoms with Gasteiger partial charge in [-0.25, -0.2) is 18.7 Å². The normalized spacial score (nSPS) is 16.4. The van der Waals surface area contributed by atoms with Crippen LogP contribution in [-0.4, -0.2) is 52.0 Å². The van der Waals surface area contributed by atoms with Gasteiger partial charge in [0.15, 0.2) is 17.2 Å². The molecule has 1 atom stereocenters. The summed E-state index contributed by atoms with van der Waals surface area (Å²) in [5.41, 5.74) is 4.43. The molecule has 1 aliphatic heterocycles. The number of aryl methyl sites for hydroxylation is 2. The van der Waals surface area contributed by atoms with Crippen molar-refractivity contribution in [3.8, 4) is 17.0 Å². The summed E-state index contributed by atoms with van der Waals surface area (Å²) in [5, 5.41) is 16.1. The van der Waals surface area contributed by atoms with Crippen molar-refractivity contribution in [2.24, 2.45) is 0 Å². The maximum absolute atomic E-state index is 14.3. The number of nitrogens with one attached hydrogen (secondary N) is 1. The number of rotatable bonds is 4. The highest BCUT2D eigenvalue weighted by atomic mass is 19.1. The molecule has 1 fully saturated rings. The first-order valence-corrected chi connectivity index (χ1v) is 9.32. The molecule has 3 aromatic rings. The Kier molecular flexibility index (Phi) is 4.73. The zero-order valence-electron chi connectivity index (χ0n) is 16.4. The minimum absolute atomic E-state index is 0.132. The molecular formula is C20H22FN5O3. The summed E-state index contributed by atoms with van der Waals surface area (Å²) in [7, 11) is 1.43. The van der Waals surface area contributed by atoms with Crippen molar-refractivity contribution < 1.29 is 19.0 Å². The third kappa shape index (κ3) is 3.43. The fourth-order valence-electron chi connectivity index (χ4n) is 3.88. The van der Waals surface area contributed by atoms with E-state index in [1.807, 2.05) is 19.9 Å². The fraction of sp³-hybridized carbons (Fsp3) is 0.350. The number of benzene rings is 1. The average Bonchev–Trinajstić information content (AvgIpc) is 3.24. The molecule has 0 aliphatic carbocycles. The first-order valence-electron chi connectivity index (χ1n) is 9.32. The number of anilines is 1. The fourth-order valence-corrected chi connectivity index (χ4v) is 3.88. The standard InChI is InChI=1S/C20H22FN5O3/c1-11-8-16(25-7-6-14(10-25)23-20(27)28)19-22-12(2)18(26(19)24-11)13-4-5-17(29-3)15(21)9-13/h4-5,8-9,14,23H,6-7,10H2,1-3H3,(H,27,28)/t14-/m1/s1. The van der Waals surface area contributed by atoms with Crippen molar-refractivity contribution in [2.45, 2.75) is 26.3 Å². The van der Waals surface area contributed by atoms with Crippen LogP contribution in [0, 0.1) is 19.7 Å². The van der Waals surface area contributed by atoms with E-state index in [0.29, 0.717) is 30.0 Å². The molecule has 0 unspecified atom stereocenters. The topological polar surface area (TPSA) is 92.0 Å². The lowest BCUT2D eigenvalue weighted by molar-refractivity contribution is 0.191. The van der Waals surface area contributed by atoms with Crippen LogP contribution in [0.4, 0.5) is 14.9 Å². The summed E-state index contributed by atoms with van der Waals surface area (Å²) in [6, 6.07) is 6.60. The predicted octanol–water partition coefficient (Wildman–Crippen LogP) is 3.01. The SMILES string of the molecule is COc1ccc(-c2c(C)nc3c(N4CC[C@@H](NC(=O)O)C4)cc(C)nn23)cc1F. The molecule has 0 spiro atoms. The molecule has 1 amide bonds. The summed E-state index contributed by atoms with van der Waals surface area (Å²) in [5.74, 6) is -0.270. The van der Waals surface area contributed by atoms with Gasteiger partial charge in [-0.15, -0.1) is 0 Å². The number of imidazole rings is 1. The number of carboxylic acid groups (broad SMARTS) is 1. The second-order valence-electron chi connectivity index (χ2n) is 7.18. The van der Waals surface area contributed by atoms with Gasteiger partial charge in [0.2, 0.25) is 0 Å². The minimum Gasteiger partial charge on any atom is -0.494 e. The first-order chi connectivity index (χ1) is 13.9. The molecule has 3 heterocycles. The average molecular weight is 399 g/mol. The number of halogens is 1. The summed E-state index contributed by atoms with van der Waals surface area (Å²) < 4.78 is 21.0. The Morgan fingerprint density at radius 2 is 2.14 bits per heavy atom. The lowest BCUT2D eigenvalue weighted by Gasteiger charge is -2.20. The molecule has 0 bridgehead atoms. The van der Waals surface area contributed by atoms with E-state index < -0.39 is 11.9 Å². The summed E-state index contributed by atoms with van der Waals surface area (Å²) in [6.45, 7) is 5.02. The second-order valence-corrected chi connectivity index (χ2v) is 7.18. The summed E-state index contributed by atoms with van der Waals surface area (Å²) >= 11 is 0. The molecule has 2 aromatic heterocycles. The molecule has 1 aromatic carbocycles. The van der Waals surface area contributed by atoms with Gasteiger partial charge in [-0.05, 0) is 44.5 Å². The predicted molar refractivity (Wildman–Crippen MR) is 106 cm³/mol. The van der Waals surface area contributed by atoms with E-state index in [1.54, 1.807) is 16.6 Å². The van der Waals surface area contributed by atoms with Crippen molar-refractivity contribution in [1.82, 2.24) is 19.9 Å². The Morgan fingerprint density at radius 1 is 1.34 bits per heavy atom. The van der Waals surface area contributed by atoms with Gasteiger partial charge in [0.25, 0.3) is 0 Å². The van der Waals surface area contributed by atoms with Crippen molar-refractivity contribution in [1.29, 1.82) is 0 Å². The van der Waals surface area contributed by atoms with E-state index in [9.17, 15) is 9.18 Å². The Bertz CT molecular complexity index is 1100. The smallest absolute Gasteiger partial charge is 0.404 e. The number of methoxy groups -OCH3 is 1. The number of hydrogen-bond donors (Lipinski definition) is 2. The van der Waals surface area contributed by atoms with Crippen molar-refractivity contribution in [2.75, 3.05) is 25.1 Å². The lowest BCUT2D eigenvalue weighted by atomic mass is 10.1. The van der Waals surface area contributed by atoms with Crippen LogP contribution >= 0.6 is 0 Å².